The molecule has 1 aliphatic rings. The molecule has 1 fully saturated rings. The van der Waals surface area contributed by atoms with E-state index < -0.39 is 0 Å². The van der Waals surface area contributed by atoms with Gasteiger partial charge in [0.1, 0.15) is 11.5 Å². The Hall–Kier alpha value is -0.970. The topological polar surface area (TPSA) is 64.7 Å². The van der Waals surface area contributed by atoms with E-state index in [4.69, 9.17) is 15.2 Å². The number of nitrogens with two attached hydrogens (primary N) is 1. The molecule has 0 spiro atoms. The number of hydrogen-bond donors (Lipinski definition) is 2. The maximum absolute atomic E-state index is 9.86. The van der Waals surface area contributed by atoms with Gasteiger partial charge in [-0.15, -0.1) is 12.4 Å². The van der Waals surface area contributed by atoms with E-state index in [9.17, 15) is 5.11 Å². The van der Waals surface area contributed by atoms with Gasteiger partial charge < -0.3 is 20.3 Å². The van der Waals surface area contributed by atoms with E-state index in [0.717, 1.165) is 37.4 Å². The normalized spacial score (nSPS) is 17.9. The predicted molar refractivity (Wildman–Crippen MR) is 72.4 cm³/mol. The first-order valence-electron chi connectivity index (χ1n) is 5.92. The molecule has 0 amide bonds. The fourth-order valence-corrected chi connectivity index (χ4v) is 2.26. The van der Waals surface area contributed by atoms with Crippen LogP contribution in [0.25, 0.3) is 0 Å². The summed E-state index contributed by atoms with van der Waals surface area (Å²) in [5.74, 6) is 1.33. The van der Waals surface area contributed by atoms with Crippen LogP contribution in [0.3, 0.4) is 0 Å². The second-order valence-corrected chi connectivity index (χ2v) is 4.40. The lowest BCUT2D eigenvalue weighted by Crippen LogP contribution is -2.27. The summed E-state index contributed by atoms with van der Waals surface area (Å²) in [6.45, 7) is 1.51. The molecule has 18 heavy (non-hydrogen) atoms. The largest absolute Gasteiger partial charge is 0.508 e. The van der Waals surface area contributed by atoms with Crippen LogP contribution >= 0.6 is 12.4 Å². The fourth-order valence-electron chi connectivity index (χ4n) is 2.26. The molecular formula is C13H20ClNO3. The average molecular weight is 274 g/mol. The zero-order valence-electron chi connectivity index (χ0n) is 10.5. The minimum absolute atomic E-state index is 0. The van der Waals surface area contributed by atoms with E-state index in [2.05, 4.69) is 0 Å². The number of hydrogen-bond acceptors (Lipinski definition) is 4. The number of ether oxygens (including phenoxy) is 2. The van der Waals surface area contributed by atoms with Crippen LogP contribution in [-0.2, 0) is 4.74 Å². The number of benzene rings is 1. The van der Waals surface area contributed by atoms with E-state index in [1.807, 2.05) is 6.07 Å². The van der Waals surface area contributed by atoms with Crippen LogP contribution in [0.15, 0.2) is 18.2 Å². The van der Waals surface area contributed by atoms with Crippen LogP contribution in [0.5, 0.6) is 11.5 Å². The molecule has 1 aliphatic heterocycles. The molecule has 2 rings (SSSR count). The van der Waals surface area contributed by atoms with Gasteiger partial charge in [-0.25, -0.2) is 0 Å². The molecule has 1 heterocycles. The van der Waals surface area contributed by atoms with Gasteiger partial charge in [-0.05, 0) is 37.0 Å². The minimum atomic E-state index is -0.158. The molecule has 0 bridgehead atoms. The Labute approximate surface area is 113 Å². The second-order valence-electron chi connectivity index (χ2n) is 4.40. The highest BCUT2D eigenvalue weighted by Crippen LogP contribution is 2.34. The highest BCUT2D eigenvalue weighted by molar-refractivity contribution is 5.85. The van der Waals surface area contributed by atoms with Crippen molar-refractivity contribution in [2.24, 2.45) is 11.7 Å². The van der Waals surface area contributed by atoms with Gasteiger partial charge >= 0.3 is 0 Å². The standard InChI is InChI=1S/C13H19NO3.ClH/c1-16-10-2-3-12(15)11(8-10)13(14)9-4-6-17-7-5-9;/h2-3,8-9,13,15H,4-7,14H2,1H3;1H/t13-;/m0./s1. The summed E-state index contributed by atoms with van der Waals surface area (Å²) in [5.41, 5.74) is 6.98. The number of methoxy groups -OCH3 is 1. The maximum atomic E-state index is 9.86. The molecule has 3 N–H and O–H groups in total. The van der Waals surface area contributed by atoms with E-state index in [1.165, 1.54) is 0 Å². The molecule has 1 aromatic carbocycles. The van der Waals surface area contributed by atoms with Crippen LogP contribution in [0, 0.1) is 5.92 Å². The van der Waals surface area contributed by atoms with Crippen LogP contribution in [-0.4, -0.2) is 25.4 Å². The first kappa shape index (κ1) is 15.1. The van der Waals surface area contributed by atoms with Crippen molar-refractivity contribution in [2.45, 2.75) is 18.9 Å². The van der Waals surface area contributed by atoms with E-state index in [1.54, 1.807) is 19.2 Å². The average Bonchev–Trinajstić information content (AvgIpc) is 2.39. The molecule has 0 aromatic heterocycles. The molecular weight excluding hydrogens is 254 g/mol. The molecule has 0 aliphatic carbocycles. The highest BCUT2D eigenvalue weighted by Gasteiger charge is 2.24. The Morgan fingerprint density at radius 3 is 2.67 bits per heavy atom. The Balaban J connectivity index is 0.00000162. The van der Waals surface area contributed by atoms with Crippen molar-refractivity contribution in [3.05, 3.63) is 23.8 Å². The molecule has 4 nitrogen and oxygen atoms in total. The summed E-state index contributed by atoms with van der Waals surface area (Å²) in [4.78, 5) is 0. The number of aromatic hydroxyl groups is 1. The van der Waals surface area contributed by atoms with Gasteiger partial charge in [0.2, 0.25) is 0 Å². The van der Waals surface area contributed by atoms with Crippen LogP contribution in [0.1, 0.15) is 24.4 Å². The molecule has 0 radical (unpaired) electrons. The van der Waals surface area contributed by atoms with Crippen molar-refractivity contribution in [1.29, 1.82) is 0 Å². The molecule has 1 aromatic rings. The van der Waals surface area contributed by atoms with Gasteiger partial charge in [0.15, 0.2) is 0 Å². The zero-order valence-corrected chi connectivity index (χ0v) is 11.3. The first-order chi connectivity index (χ1) is 8.22. The lowest BCUT2D eigenvalue weighted by molar-refractivity contribution is 0.0581. The van der Waals surface area contributed by atoms with Crippen LogP contribution < -0.4 is 10.5 Å². The first-order valence-corrected chi connectivity index (χ1v) is 5.92. The second kappa shape index (κ2) is 6.83. The minimum Gasteiger partial charge on any atom is -0.508 e. The van der Waals surface area contributed by atoms with Gasteiger partial charge in [-0.2, -0.15) is 0 Å². The van der Waals surface area contributed by atoms with Crippen LogP contribution in [0.2, 0.25) is 0 Å². The van der Waals surface area contributed by atoms with Gasteiger partial charge in [0.25, 0.3) is 0 Å². The summed E-state index contributed by atoms with van der Waals surface area (Å²) in [6, 6.07) is 5.02. The summed E-state index contributed by atoms with van der Waals surface area (Å²) in [5, 5.41) is 9.86. The molecule has 1 saturated heterocycles. The quantitative estimate of drug-likeness (QED) is 0.887. The molecule has 5 heteroatoms. The monoisotopic (exact) mass is 273 g/mol. The molecule has 102 valence electrons. The van der Waals surface area contributed by atoms with Gasteiger partial charge in [0.05, 0.1) is 7.11 Å². The number of halogens is 1. The Kier molecular flexibility index (Phi) is 5.72. The predicted octanol–water partition coefficient (Wildman–Crippen LogP) is 2.25. The highest BCUT2D eigenvalue weighted by atomic mass is 35.5. The third-order valence-electron chi connectivity index (χ3n) is 3.37. The van der Waals surface area contributed by atoms with E-state index >= 15 is 0 Å². The molecule has 0 unspecified atom stereocenters. The van der Waals surface area contributed by atoms with Crippen molar-refractivity contribution in [3.63, 3.8) is 0 Å². The van der Waals surface area contributed by atoms with Gasteiger partial charge in [-0.1, -0.05) is 0 Å². The summed E-state index contributed by atoms with van der Waals surface area (Å²) < 4.78 is 10.5. The van der Waals surface area contributed by atoms with Crippen molar-refractivity contribution in [2.75, 3.05) is 20.3 Å². The smallest absolute Gasteiger partial charge is 0.120 e. The molecule has 1 atom stereocenters. The lowest BCUT2D eigenvalue weighted by Gasteiger charge is -2.28. The van der Waals surface area contributed by atoms with Crippen LogP contribution in [0.4, 0.5) is 0 Å². The van der Waals surface area contributed by atoms with Crippen molar-refractivity contribution >= 4 is 12.4 Å². The maximum Gasteiger partial charge on any atom is 0.120 e. The van der Waals surface area contributed by atoms with Gasteiger partial charge in [-0.3, -0.25) is 0 Å². The third-order valence-corrected chi connectivity index (χ3v) is 3.37. The Bertz CT molecular complexity index is 380. The number of rotatable bonds is 3. The zero-order chi connectivity index (χ0) is 12.3. The number of phenolic OH excluding ortho intramolecular Hbond substituents is 1. The van der Waals surface area contributed by atoms with Crippen molar-refractivity contribution < 1.29 is 14.6 Å². The Morgan fingerprint density at radius 1 is 1.39 bits per heavy atom. The Morgan fingerprint density at radius 2 is 2.06 bits per heavy atom. The van der Waals surface area contributed by atoms with E-state index in [-0.39, 0.29) is 24.2 Å². The summed E-state index contributed by atoms with van der Waals surface area (Å²) in [7, 11) is 1.61. The van der Waals surface area contributed by atoms with Crippen molar-refractivity contribution in [3.8, 4) is 11.5 Å². The van der Waals surface area contributed by atoms with Gasteiger partial charge in [0, 0.05) is 24.8 Å². The molecule has 0 saturated carbocycles. The lowest BCUT2D eigenvalue weighted by atomic mass is 9.87. The SMILES string of the molecule is COc1ccc(O)c([C@@H](N)C2CCOCC2)c1.Cl. The fraction of sp³-hybridized carbons (Fsp3) is 0.538. The number of phenols is 1. The summed E-state index contributed by atoms with van der Waals surface area (Å²) >= 11 is 0. The van der Waals surface area contributed by atoms with Crippen molar-refractivity contribution in [1.82, 2.24) is 0 Å². The van der Waals surface area contributed by atoms with E-state index in [0.29, 0.717) is 5.92 Å². The third kappa shape index (κ3) is 3.28. The summed E-state index contributed by atoms with van der Waals surface area (Å²) in [6.07, 6.45) is 1.88.